The zero-order valence-corrected chi connectivity index (χ0v) is 11.8. The molecule has 102 valence electrons. The second-order valence-corrected chi connectivity index (χ2v) is 4.50. The first-order valence-electron chi connectivity index (χ1n) is 6.66. The summed E-state index contributed by atoms with van der Waals surface area (Å²) < 4.78 is 5.29. The monoisotopic (exact) mass is 266 g/mol. The highest BCUT2D eigenvalue weighted by molar-refractivity contribution is 5.69. The van der Waals surface area contributed by atoms with E-state index in [4.69, 9.17) is 10.00 Å². The lowest BCUT2D eigenvalue weighted by atomic mass is 9.98. The third-order valence-electron chi connectivity index (χ3n) is 3.18. The van der Waals surface area contributed by atoms with E-state index in [-0.39, 0.29) is 0 Å². The van der Waals surface area contributed by atoms with E-state index in [2.05, 4.69) is 18.3 Å². The molecule has 0 aliphatic carbocycles. The maximum absolute atomic E-state index is 9.02. The van der Waals surface area contributed by atoms with Crippen molar-refractivity contribution >= 4 is 0 Å². The van der Waals surface area contributed by atoms with Gasteiger partial charge < -0.3 is 10.1 Å². The summed E-state index contributed by atoms with van der Waals surface area (Å²) in [5, 5.41) is 12.4. The molecule has 0 aliphatic rings. The zero-order chi connectivity index (χ0) is 14.4. The fraction of sp³-hybridized carbons (Fsp3) is 0.235. The topological polar surface area (TPSA) is 45.0 Å². The highest BCUT2D eigenvalue weighted by Gasteiger charge is 2.07. The molecule has 1 N–H and O–H groups in total. The molecule has 0 fully saturated rings. The van der Waals surface area contributed by atoms with Crippen LogP contribution in [0.15, 0.2) is 42.5 Å². The van der Waals surface area contributed by atoms with Crippen LogP contribution in [-0.2, 0) is 6.54 Å². The number of benzene rings is 2. The first-order valence-corrected chi connectivity index (χ1v) is 6.66. The Morgan fingerprint density at radius 1 is 1.20 bits per heavy atom. The first-order chi connectivity index (χ1) is 9.78. The lowest BCUT2D eigenvalue weighted by Crippen LogP contribution is -2.12. The lowest BCUT2D eigenvalue weighted by Gasteiger charge is -2.12. The van der Waals surface area contributed by atoms with Crippen LogP contribution in [0.25, 0.3) is 11.1 Å². The number of nitrogens with one attached hydrogen (secondary N) is 1. The minimum Gasteiger partial charge on any atom is -0.497 e. The quantitative estimate of drug-likeness (QED) is 0.902. The molecular weight excluding hydrogens is 248 g/mol. The number of ether oxygens (including phenoxy) is 1. The van der Waals surface area contributed by atoms with Crippen molar-refractivity contribution in [2.75, 3.05) is 13.7 Å². The number of hydrogen-bond donors (Lipinski definition) is 1. The molecular formula is C17H18N2O. The van der Waals surface area contributed by atoms with Crippen LogP contribution in [0.2, 0.25) is 0 Å². The van der Waals surface area contributed by atoms with E-state index in [1.54, 1.807) is 7.11 Å². The molecule has 0 aliphatic heterocycles. The third kappa shape index (κ3) is 3.17. The van der Waals surface area contributed by atoms with E-state index in [1.165, 1.54) is 5.56 Å². The maximum atomic E-state index is 9.02. The lowest BCUT2D eigenvalue weighted by molar-refractivity contribution is 0.414. The Labute approximate surface area is 119 Å². The molecule has 2 rings (SSSR count). The van der Waals surface area contributed by atoms with Crippen molar-refractivity contribution in [1.29, 1.82) is 5.26 Å². The summed E-state index contributed by atoms with van der Waals surface area (Å²) in [4.78, 5) is 0. The van der Waals surface area contributed by atoms with Crippen molar-refractivity contribution in [3.05, 3.63) is 53.6 Å². The fourth-order valence-electron chi connectivity index (χ4n) is 2.14. The predicted molar refractivity (Wildman–Crippen MR) is 80.5 cm³/mol. The Kier molecular flexibility index (Phi) is 4.75. The highest BCUT2D eigenvalue weighted by atomic mass is 16.5. The van der Waals surface area contributed by atoms with Crippen LogP contribution in [-0.4, -0.2) is 13.7 Å². The molecule has 2 aromatic carbocycles. The second kappa shape index (κ2) is 6.74. The fourth-order valence-corrected chi connectivity index (χ4v) is 2.14. The van der Waals surface area contributed by atoms with Gasteiger partial charge in [0.2, 0.25) is 0 Å². The highest BCUT2D eigenvalue weighted by Crippen LogP contribution is 2.28. The Morgan fingerprint density at radius 3 is 2.75 bits per heavy atom. The van der Waals surface area contributed by atoms with Crippen molar-refractivity contribution in [1.82, 2.24) is 5.32 Å². The summed E-state index contributed by atoms with van der Waals surface area (Å²) >= 11 is 0. The molecule has 0 radical (unpaired) electrons. The SMILES string of the molecule is CCNCc1cc(OC)ccc1-c1cccc(C#N)c1. The molecule has 2 aromatic rings. The predicted octanol–water partition coefficient (Wildman–Crippen LogP) is 3.34. The van der Waals surface area contributed by atoms with Crippen LogP contribution >= 0.6 is 0 Å². The molecule has 0 saturated heterocycles. The van der Waals surface area contributed by atoms with Crippen LogP contribution in [0, 0.1) is 11.3 Å². The third-order valence-corrected chi connectivity index (χ3v) is 3.18. The molecule has 3 heteroatoms. The second-order valence-electron chi connectivity index (χ2n) is 4.50. The summed E-state index contributed by atoms with van der Waals surface area (Å²) in [6.07, 6.45) is 0. The molecule has 0 atom stereocenters. The first kappa shape index (κ1) is 14.1. The van der Waals surface area contributed by atoms with Gasteiger partial charge in [-0.1, -0.05) is 25.1 Å². The van der Waals surface area contributed by atoms with Crippen LogP contribution in [0.5, 0.6) is 5.75 Å². The van der Waals surface area contributed by atoms with Crippen molar-refractivity contribution < 1.29 is 4.74 Å². The number of rotatable bonds is 5. The molecule has 20 heavy (non-hydrogen) atoms. The van der Waals surface area contributed by atoms with Crippen molar-refractivity contribution in [3.63, 3.8) is 0 Å². The Hall–Kier alpha value is -2.31. The smallest absolute Gasteiger partial charge is 0.119 e. The molecule has 0 heterocycles. The Bertz CT molecular complexity index is 629. The van der Waals surface area contributed by atoms with Crippen LogP contribution in [0.3, 0.4) is 0 Å². The summed E-state index contributed by atoms with van der Waals surface area (Å²) in [5.74, 6) is 0.845. The minimum atomic E-state index is 0.674. The van der Waals surface area contributed by atoms with E-state index in [0.29, 0.717) is 5.56 Å². The molecule has 0 amide bonds. The number of methoxy groups -OCH3 is 1. The molecule has 0 spiro atoms. The molecule has 0 bridgehead atoms. The van der Waals surface area contributed by atoms with Gasteiger partial charge in [-0.05, 0) is 47.5 Å². The summed E-state index contributed by atoms with van der Waals surface area (Å²) in [6.45, 7) is 3.77. The Morgan fingerprint density at radius 2 is 2.05 bits per heavy atom. The number of nitrogens with zero attached hydrogens (tertiary/aromatic N) is 1. The van der Waals surface area contributed by atoms with E-state index >= 15 is 0 Å². The van der Waals surface area contributed by atoms with Gasteiger partial charge in [0.1, 0.15) is 5.75 Å². The normalized spacial score (nSPS) is 10.1. The number of hydrogen-bond acceptors (Lipinski definition) is 3. The van der Waals surface area contributed by atoms with Crippen molar-refractivity contribution in [2.24, 2.45) is 0 Å². The molecule has 0 unspecified atom stereocenters. The van der Waals surface area contributed by atoms with E-state index < -0.39 is 0 Å². The van der Waals surface area contributed by atoms with Crippen molar-refractivity contribution in [2.45, 2.75) is 13.5 Å². The summed E-state index contributed by atoms with van der Waals surface area (Å²) in [6, 6.07) is 15.9. The van der Waals surface area contributed by atoms with Gasteiger partial charge >= 0.3 is 0 Å². The Balaban J connectivity index is 2.45. The van der Waals surface area contributed by atoms with Gasteiger partial charge in [-0.25, -0.2) is 0 Å². The molecule has 0 aromatic heterocycles. The average Bonchev–Trinajstić information content (AvgIpc) is 2.52. The van der Waals surface area contributed by atoms with Gasteiger partial charge in [-0.3, -0.25) is 0 Å². The zero-order valence-electron chi connectivity index (χ0n) is 11.8. The van der Waals surface area contributed by atoms with Crippen LogP contribution in [0.1, 0.15) is 18.1 Å². The van der Waals surface area contributed by atoms with Crippen molar-refractivity contribution in [3.8, 4) is 22.9 Å². The standard InChI is InChI=1S/C17H18N2O/c1-3-19-12-15-10-16(20-2)7-8-17(15)14-6-4-5-13(9-14)11-18/h4-10,19H,3,12H2,1-2H3. The summed E-state index contributed by atoms with van der Waals surface area (Å²) in [7, 11) is 1.67. The summed E-state index contributed by atoms with van der Waals surface area (Å²) in [5.41, 5.74) is 4.03. The van der Waals surface area contributed by atoms with Crippen LogP contribution < -0.4 is 10.1 Å². The molecule has 3 nitrogen and oxygen atoms in total. The average molecular weight is 266 g/mol. The molecule has 0 saturated carbocycles. The van der Waals surface area contributed by atoms with E-state index in [1.807, 2.05) is 42.5 Å². The van der Waals surface area contributed by atoms with Gasteiger partial charge in [-0.15, -0.1) is 0 Å². The van der Waals surface area contributed by atoms with E-state index in [9.17, 15) is 0 Å². The van der Waals surface area contributed by atoms with Gasteiger partial charge in [0.25, 0.3) is 0 Å². The van der Waals surface area contributed by atoms with Crippen LogP contribution in [0.4, 0.5) is 0 Å². The minimum absolute atomic E-state index is 0.674. The van der Waals surface area contributed by atoms with Gasteiger partial charge in [0.05, 0.1) is 18.7 Å². The van der Waals surface area contributed by atoms with E-state index in [0.717, 1.165) is 30.0 Å². The van der Waals surface area contributed by atoms with Gasteiger partial charge in [-0.2, -0.15) is 5.26 Å². The maximum Gasteiger partial charge on any atom is 0.119 e. The number of nitriles is 1. The largest absolute Gasteiger partial charge is 0.497 e. The van der Waals surface area contributed by atoms with Gasteiger partial charge in [0.15, 0.2) is 0 Å². The van der Waals surface area contributed by atoms with Gasteiger partial charge in [0, 0.05) is 6.54 Å².